The van der Waals surface area contributed by atoms with Gasteiger partial charge >= 0.3 is 0 Å². The molecule has 0 saturated carbocycles. The lowest BCUT2D eigenvalue weighted by Gasteiger charge is -2.09. The molecule has 2 heteroatoms. The van der Waals surface area contributed by atoms with Gasteiger partial charge in [-0.2, -0.15) is 0 Å². The number of nitrogens with one attached hydrogen (secondary N) is 1. The molecule has 0 aromatic heterocycles. The highest BCUT2D eigenvalue weighted by Crippen LogP contribution is 2.32. The average Bonchev–Trinajstić information content (AvgIpc) is 2.63. The van der Waals surface area contributed by atoms with Gasteiger partial charge in [0.05, 0.1) is 0 Å². The Bertz CT molecular complexity index is 298. The monoisotopic (exact) mass is 191 g/mol. The molecule has 2 nitrogen and oxygen atoms in total. The van der Waals surface area contributed by atoms with Crippen LogP contribution in [0.15, 0.2) is 24.3 Å². The summed E-state index contributed by atoms with van der Waals surface area (Å²) in [7, 11) is 0. The quantitative estimate of drug-likeness (QED) is 0.739. The number of para-hydroxylation sites is 1. The summed E-state index contributed by atoms with van der Waals surface area (Å²) < 4.78 is 5.38. The van der Waals surface area contributed by atoms with E-state index in [0.29, 0.717) is 5.92 Å². The molecule has 2 rings (SSSR count). The first-order valence-electron chi connectivity index (χ1n) is 5.32. The Morgan fingerprint density at radius 1 is 1.43 bits per heavy atom. The van der Waals surface area contributed by atoms with Crippen molar-refractivity contribution in [3.8, 4) is 0 Å². The first kappa shape index (κ1) is 9.53. The fraction of sp³-hybridized carbons (Fsp3) is 0.500. The second-order valence-corrected chi connectivity index (χ2v) is 3.65. The van der Waals surface area contributed by atoms with Crippen LogP contribution in [0.3, 0.4) is 0 Å². The van der Waals surface area contributed by atoms with Crippen LogP contribution in [0.4, 0.5) is 5.69 Å². The van der Waals surface area contributed by atoms with Gasteiger partial charge in [0.1, 0.15) is 0 Å². The van der Waals surface area contributed by atoms with E-state index in [1.807, 2.05) is 6.92 Å². The number of hydrogen-bond donors (Lipinski definition) is 1. The molecule has 1 atom stereocenters. The molecule has 1 N–H and O–H groups in total. The zero-order valence-corrected chi connectivity index (χ0v) is 8.62. The Balaban J connectivity index is 1.96. The highest BCUT2D eigenvalue weighted by Gasteiger charge is 2.20. The Hall–Kier alpha value is -1.02. The minimum Gasteiger partial charge on any atom is -0.384 e. The normalized spacial score (nSPS) is 19.1. The molecule has 0 amide bonds. The van der Waals surface area contributed by atoms with Gasteiger partial charge in [-0.3, -0.25) is 0 Å². The van der Waals surface area contributed by atoms with Crippen molar-refractivity contribution in [2.75, 3.05) is 25.1 Å². The van der Waals surface area contributed by atoms with Gasteiger partial charge in [0.25, 0.3) is 0 Å². The lowest BCUT2D eigenvalue weighted by Crippen LogP contribution is -2.06. The number of ether oxygens (including phenoxy) is 1. The van der Waals surface area contributed by atoms with E-state index in [1.54, 1.807) is 0 Å². The molecule has 1 aromatic rings. The lowest BCUT2D eigenvalue weighted by atomic mass is 9.98. The summed E-state index contributed by atoms with van der Waals surface area (Å²) >= 11 is 0. The molecular formula is C12H17NO. The molecule has 0 radical (unpaired) electrons. The molecule has 76 valence electrons. The van der Waals surface area contributed by atoms with Crippen LogP contribution in [-0.2, 0) is 4.74 Å². The molecule has 1 aliphatic heterocycles. The molecule has 0 spiro atoms. The summed E-state index contributed by atoms with van der Waals surface area (Å²) in [4.78, 5) is 0. The molecule has 1 aliphatic rings. The summed E-state index contributed by atoms with van der Waals surface area (Å²) in [5.74, 6) is 0.637. The predicted octanol–water partition coefficient (Wildman–Crippen LogP) is 2.62. The molecular weight excluding hydrogens is 174 g/mol. The van der Waals surface area contributed by atoms with E-state index in [9.17, 15) is 0 Å². The summed E-state index contributed by atoms with van der Waals surface area (Å²) in [6.07, 6.45) is 1.12. The molecule has 0 bridgehead atoms. The second-order valence-electron chi connectivity index (χ2n) is 3.65. The van der Waals surface area contributed by atoms with Gasteiger partial charge in [0, 0.05) is 31.4 Å². The van der Waals surface area contributed by atoms with Gasteiger partial charge in [-0.15, -0.1) is 0 Å². The van der Waals surface area contributed by atoms with Crippen LogP contribution in [-0.4, -0.2) is 19.8 Å². The van der Waals surface area contributed by atoms with Crippen LogP contribution < -0.4 is 5.32 Å². The zero-order chi connectivity index (χ0) is 9.80. The maximum absolute atomic E-state index is 5.38. The van der Waals surface area contributed by atoms with Crippen LogP contribution >= 0.6 is 0 Å². The van der Waals surface area contributed by atoms with Crippen molar-refractivity contribution in [1.29, 1.82) is 0 Å². The Kier molecular flexibility index (Phi) is 3.04. The standard InChI is InChI=1S/C12H17NO/c1-2-14-8-7-10-9-13-12-6-4-3-5-11(10)12/h3-6,10,13H,2,7-9H2,1H3. The first-order valence-corrected chi connectivity index (χ1v) is 5.32. The van der Waals surface area contributed by atoms with Gasteiger partial charge in [-0.05, 0) is 25.0 Å². The van der Waals surface area contributed by atoms with Crippen molar-refractivity contribution in [3.63, 3.8) is 0 Å². The number of hydrogen-bond acceptors (Lipinski definition) is 2. The predicted molar refractivity (Wildman–Crippen MR) is 58.8 cm³/mol. The number of anilines is 1. The van der Waals surface area contributed by atoms with E-state index < -0.39 is 0 Å². The Morgan fingerprint density at radius 2 is 2.29 bits per heavy atom. The van der Waals surface area contributed by atoms with Gasteiger partial charge < -0.3 is 10.1 Å². The van der Waals surface area contributed by atoms with Crippen molar-refractivity contribution in [2.45, 2.75) is 19.3 Å². The Morgan fingerprint density at radius 3 is 3.14 bits per heavy atom. The molecule has 1 unspecified atom stereocenters. The van der Waals surface area contributed by atoms with Crippen molar-refractivity contribution < 1.29 is 4.74 Å². The smallest absolute Gasteiger partial charge is 0.0472 e. The van der Waals surface area contributed by atoms with Gasteiger partial charge in [-0.1, -0.05) is 18.2 Å². The van der Waals surface area contributed by atoms with Crippen LogP contribution in [0.2, 0.25) is 0 Å². The third-order valence-electron chi connectivity index (χ3n) is 2.75. The number of fused-ring (bicyclic) bond motifs is 1. The molecule has 0 fully saturated rings. The molecule has 0 saturated heterocycles. The van der Waals surface area contributed by atoms with Crippen molar-refractivity contribution in [2.24, 2.45) is 0 Å². The fourth-order valence-corrected chi connectivity index (χ4v) is 1.98. The average molecular weight is 191 g/mol. The van der Waals surface area contributed by atoms with Gasteiger partial charge in [0.15, 0.2) is 0 Å². The topological polar surface area (TPSA) is 21.3 Å². The molecule has 1 aromatic carbocycles. The maximum Gasteiger partial charge on any atom is 0.0472 e. The van der Waals surface area contributed by atoms with Gasteiger partial charge in [-0.25, -0.2) is 0 Å². The minimum absolute atomic E-state index is 0.637. The van der Waals surface area contributed by atoms with Crippen LogP contribution in [0, 0.1) is 0 Å². The molecule has 0 aliphatic carbocycles. The molecule has 14 heavy (non-hydrogen) atoms. The van der Waals surface area contributed by atoms with Gasteiger partial charge in [0.2, 0.25) is 0 Å². The number of benzene rings is 1. The van der Waals surface area contributed by atoms with E-state index >= 15 is 0 Å². The van der Waals surface area contributed by atoms with Crippen molar-refractivity contribution in [3.05, 3.63) is 29.8 Å². The SMILES string of the molecule is CCOCCC1CNc2ccccc21. The van der Waals surface area contributed by atoms with E-state index in [-0.39, 0.29) is 0 Å². The highest BCUT2D eigenvalue weighted by atomic mass is 16.5. The minimum atomic E-state index is 0.637. The van der Waals surface area contributed by atoms with Crippen LogP contribution in [0.1, 0.15) is 24.8 Å². The lowest BCUT2D eigenvalue weighted by molar-refractivity contribution is 0.141. The maximum atomic E-state index is 5.38. The summed E-state index contributed by atoms with van der Waals surface area (Å²) in [6.45, 7) is 4.80. The van der Waals surface area contributed by atoms with E-state index in [0.717, 1.165) is 26.2 Å². The van der Waals surface area contributed by atoms with Crippen molar-refractivity contribution in [1.82, 2.24) is 0 Å². The Labute approximate surface area is 85.3 Å². The summed E-state index contributed by atoms with van der Waals surface area (Å²) in [6, 6.07) is 8.55. The third-order valence-corrected chi connectivity index (χ3v) is 2.75. The van der Waals surface area contributed by atoms with E-state index in [4.69, 9.17) is 4.74 Å². The van der Waals surface area contributed by atoms with Crippen LogP contribution in [0.5, 0.6) is 0 Å². The van der Waals surface area contributed by atoms with Crippen molar-refractivity contribution >= 4 is 5.69 Å². The summed E-state index contributed by atoms with van der Waals surface area (Å²) in [5, 5.41) is 3.42. The third kappa shape index (κ3) is 1.90. The van der Waals surface area contributed by atoms with Crippen LogP contribution in [0.25, 0.3) is 0 Å². The van der Waals surface area contributed by atoms with E-state index in [2.05, 4.69) is 29.6 Å². The number of rotatable bonds is 4. The first-order chi connectivity index (χ1) is 6.92. The highest BCUT2D eigenvalue weighted by molar-refractivity contribution is 5.57. The fourth-order valence-electron chi connectivity index (χ4n) is 1.98. The zero-order valence-electron chi connectivity index (χ0n) is 8.62. The second kappa shape index (κ2) is 4.47. The largest absolute Gasteiger partial charge is 0.384 e. The van der Waals surface area contributed by atoms with E-state index in [1.165, 1.54) is 11.3 Å². The molecule has 1 heterocycles. The summed E-state index contributed by atoms with van der Waals surface area (Å²) in [5.41, 5.74) is 2.75.